The van der Waals surface area contributed by atoms with Crippen LogP contribution in [0.25, 0.3) is 5.65 Å². The van der Waals surface area contributed by atoms with Gasteiger partial charge in [-0.2, -0.15) is 9.97 Å². The average molecular weight is 429 g/mol. The highest BCUT2D eigenvalue weighted by atomic mass is 15.3. The van der Waals surface area contributed by atoms with Gasteiger partial charge in [-0.3, -0.25) is 0 Å². The Morgan fingerprint density at radius 3 is 2.56 bits per heavy atom. The molecule has 32 heavy (non-hydrogen) atoms. The first-order valence-electron chi connectivity index (χ1n) is 10.9. The number of pyridine rings is 2. The lowest BCUT2D eigenvalue weighted by Gasteiger charge is -2.22. The van der Waals surface area contributed by atoms with Gasteiger partial charge in [-0.25, -0.2) is 9.97 Å². The number of aromatic nitrogens is 5. The molecule has 0 aromatic carbocycles. The Morgan fingerprint density at radius 1 is 0.938 bits per heavy atom. The fourth-order valence-electron chi connectivity index (χ4n) is 4.18. The normalized spacial score (nSPS) is 15.3. The second kappa shape index (κ2) is 7.78. The average Bonchev–Trinajstić information content (AvgIpc) is 3.32. The van der Waals surface area contributed by atoms with Crippen LogP contribution in [0.15, 0.2) is 48.9 Å². The van der Waals surface area contributed by atoms with E-state index < -0.39 is 0 Å². The maximum absolute atomic E-state index is 4.83. The Bertz CT molecular complexity index is 1260. The van der Waals surface area contributed by atoms with Crippen molar-refractivity contribution < 1.29 is 0 Å². The molecule has 4 aromatic rings. The molecule has 5 heterocycles. The van der Waals surface area contributed by atoms with Crippen LogP contribution in [0.5, 0.6) is 0 Å². The van der Waals surface area contributed by atoms with E-state index in [1.807, 2.05) is 54.0 Å². The minimum absolute atomic E-state index is 0.271. The number of anilines is 5. The van der Waals surface area contributed by atoms with Crippen LogP contribution < -0.4 is 15.5 Å². The summed E-state index contributed by atoms with van der Waals surface area (Å²) in [7, 11) is 0. The van der Waals surface area contributed by atoms with Gasteiger partial charge in [0.1, 0.15) is 23.1 Å². The van der Waals surface area contributed by atoms with Gasteiger partial charge >= 0.3 is 0 Å². The summed E-state index contributed by atoms with van der Waals surface area (Å²) in [6, 6.07) is 10.1. The number of hydrogen-bond acceptors (Lipinski definition) is 7. The fraction of sp³-hybridized carbons (Fsp3) is 0.333. The Hall–Kier alpha value is -3.68. The number of hydrogen-bond donors (Lipinski definition) is 2. The molecule has 8 nitrogen and oxygen atoms in total. The number of fused-ring (bicyclic) bond motifs is 1. The van der Waals surface area contributed by atoms with E-state index in [9.17, 15) is 0 Å². The van der Waals surface area contributed by atoms with Gasteiger partial charge in [0.25, 0.3) is 0 Å². The number of nitrogens with zero attached hydrogens (tertiary/aromatic N) is 6. The van der Waals surface area contributed by atoms with Crippen molar-refractivity contribution in [2.45, 2.75) is 34.1 Å². The predicted octanol–water partition coefficient (Wildman–Crippen LogP) is 4.86. The number of nitrogens with one attached hydrogen (secondary N) is 2. The third-order valence-corrected chi connectivity index (χ3v) is 5.72. The lowest BCUT2D eigenvalue weighted by atomic mass is 9.93. The highest BCUT2D eigenvalue weighted by Crippen LogP contribution is 2.33. The molecule has 0 saturated carbocycles. The zero-order chi connectivity index (χ0) is 22.3. The summed E-state index contributed by atoms with van der Waals surface area (Å²) in [5.41, 5.74) is 4.17. The molecule has 0 amide bonds. The van der Waals surface area contributed by atoms with Crippen LogP contribution in [0.3, 0.4) is 0 Å². The van der Waals surface area contributed by atoms with E-state index in [0.29, 0.717) is 5.95 Å². The molecule has 1 fully saturated rings. The highest BCUT2D eigenvalue weighted by molar-refractivity contribution is 5.66. The first-order chi connectivity index (χ1) is 15.3. The van der Waals surface area contributed by atoms with E-state index in [1.54, 1.807) is 6.20 Å². The quantitative estimate of drug-likeness (QED) is 0.470. The van der Waals surface area contributed by atoms with Crippen LogP contribution in [0.4, 0.5) is 29.1 Å². The molecule has 0 atom stereocenters. The van der Waals surface area contributed by atoms with Crippen molar-refractivity contribution in [3.8, 4) is 0 Å². The molecule has 1 aliphatic rings. The molecule has 164 valence electrons. The lowest BCUT2D eigenvalue weighted by Crippen LogP contribution is -2.24. The van der Waals surface area contributed by atoms with E-state index >= 15 is 0 Å². The molecular weight excluding hydrogens is 400 g/mol. The van der Waals surface area contributed by atoms with E-state index in [1.165, 1.54) is 0 Å². The zero-order valence-corrected chi connectivity index (χ0v) is 18.9. The maximum atomic E-state index is 4.83. The smallest absolute Gasteiger partial charge is 0.232 e. The van der Waals surface area contributed by atoms with Crippen molar-refractivity contribution in [1.82, 2.24) is 24.3 Å². The fourth-order valence-corrected chi connectivity index (χ4v) is 4.18. The largest absolute Gasteiger partial charge is 0.356 e. The molecule has 0 spiro atoms. The summed E-state index contributed by atoms with van der Waals surface area (Å²) in [4.78, 5) is 20.8. The maximum Gasteiger partial charge on any atom is 0.232 e. The van der Waals surface area contributed by atoms with Gasteiger partial charge in [-0.05, 0) is 49.4 Å². The van der Waals surface area contributed by atoms with E-state index in [-0.39, 0.29) is 5.41 Å². The molecule has 0 bridgehead atoms. The summed E-state index contributed by atoms with van der Waals surface area (Å²) in [6.07, 6.45) is 6.83. The first-order valence-corrected chi connectivity index (χ1v) is 10.9. The van der Waals surface area contributed by atoms with Crippen molar-refractivity contribution >= 4 is 34.7 Å². The molecule has 5 rings (SSSR count). The van der Waals surface area contributed by atoms with Crippen molar-refractivity contribution in [2.24, 2.45) is 5.41 Å². The van der Waals surface area contributed by atoms with Crippen LogP contribution in [-0.4, -0.2) is 37.4 Å². The molecule has 0 unspecified atom stereocenters. The third kappa shape index (κ3) is 4.34. The van der Waals surface area contributed by atoms with Gasteiger partial charge in [0, 0.05) is 55.2 Å². The summed E-state index contributed by atoms with van der Waals surface area (Å²) in [6.45, 7) is 10.6. The van der Waals surface area contributed by atoms with Crippen LogP contribution in [0.2, 0.25) is 0 Å². The number of imidazole rings is 1. The standard InChI is InChI=1S/C24H28N8/c1-16-11-17(2)26-19(12-16)28-23-29-20(14-22(30-23)32-9-6-24(3,4)15-32)27-18-5-8-31-10-7-25-21(31)13-18/h5,7-8,10-14H,6,9,15H2,1-4H3,(H2,26,27,28,29,30). The van der Waals surface area contributed by atoms with Crippen LogP contribution >= 0.6 is 0 Å². The van der Waals surface area contributed by atoms with Crippen LogP contribution in [0.1, 0.15) is 31.5 Å². The van der Waals surface area contributed by atoms with Gasteiger partial charge < -0.3 is 19.9 Å². The minimum Gasteiger partial charge on any atom is -0.356 e. The molecule has 8 heteroatoms. The van der Waals surface area contributed by atoms with E-state index in [0.717, 1.165) is 59.6 Å². The molecule has 4 aromatic heterocycles. The highest BCUT2D eigenvalue weighted by Gasteiger charge is 2.30. The zero-order valence-electron chi connectivity index (χ0n) is 18.9. The van der Waals surface area contributed by atoms with Crippen molar-refractivity contribution in [3.05, 3.63) is 60.2 Å². The first kappa shape index (κ1) is 20.2. The lowest BCUT2D eigenvalue weighted by molar-refractivity contribution is 0.418. The van der Waals surface area contributed by atoms with Crippen molar-refractivity contribution in [1.29, 1.82) is 0 Å². The summed E-state index contributed by atoms with van der Waals surface area (Å²) in [5, 5.41) is 6.73. The minimum atomic E-state index is 0.271. The van der Waals surface area contributed by atoms with Gasteiger partial charge in [0.2, 0.25) is 5.95 Å². The predicted molar refractivity (Wildman–Crippen MR) is 128 cm³/mol. The van der Waals surface area contributed by atoms with Gasteiger partial charge in [-0.1, -0.05) is 13.8 Å². The van der Waals surface area contributed by atoms with E-state index in [4.69, 9.17) is 9.97 Å². The number of rotatable bonds is 5. The summed E-state index contributed by atoms with van der Waals surface area (Å²) in [5.74, 6) is 2.89. The summed E-state index contributed by atoms with van der Waals surface area (Å²) < 4.78 is 1.97. The Morgan fingerprint density at radius 2 is 1.78 bits per heavy atom. The SMILES string of the molecule is Cc1cc(C)nc(Nc2nc(Nc3ccn4ccnc4c3)cc(N3CCC(C)(C)C3)n2)c1. The Balaban J connectivity index is 1.49. The Kier molecular flexibility index (Phi) is 4.92. The second-order valence-corrected chi connectivity index (χ2v) is 9.30. The third-order valence-electron chi connectivity index (χ3n) is 5.72. The molecule has 1 saturated heterocycles. The molecule has 0 radical (unpaired) electrons. The Labute approximate surface area is 187 Å². The number of aryl methyl sites for hydroxylation is 2. The molecule has 1 aliphatic heterocycles. The van der Waals surface area contributed by atoms with Gasteiger partial charge in [-0.15, -0.1) is 0 Å². The van der Waals surface area contributed by atoms with Gasteiger partial charge in [0.05, 0.1) is 0 Å². The monoisotopic (exact) mass is 428 g/mol. The van der Waals surface area contributed by atoms with Crippen molar-refractivity contribution in [3.63, 3.8) is 0 Å². The molecular formula is C24H28N8. The topological polar surface area (TPSA) is 83.3 Å². The van der Waals surface area contributed by atoms with Crippen LogP contribution in [-0.2, 0) is 0 Å². The summed E-state index contributed by atoms with van der Waals surface area (Å²) >= 11 is 0. The van der Waals surface area contributed by atoms with Gasteiger partial charge in [0.15, 0.2) is 0 Å². The van der Waals surface area contributed by atoms with Crippen LogP contribution in [0, 0.1) is 19.3 Å². The molecule has 0 aliphatic carbocycles. The molecule has 2 N–H and O–H groups in total. The second-order valence-electron chi connectivity index (χ2n) is 9.30. The van der Waals surface area contributed by atoms with Crippen molar-refractivity contribution in [2.75, 3.05) is 28.6 Å². The van der Waals surface area contributed by atoms with E-state index in [2.05, 4.69) is 46.3 Å².